The Morgan fingerprint density at radius 2 is 0.853 bits per heavy atom. The topological polar surface area (TPSA) is 52.9 Å². The van der Waals surface area contributed by atoms with Gasteiger partial charge < -0.3 is 20.6 Å². The van der Waals surface area contributed by atoms with Crippen molar-refractivity contribution in [2.75, 3.05) is 0 Å². The van der Waals surface area contributed by atoms with Crippen molar-refractivity contribution in [3.05, 3.63) is 10.6 Å². The molecule has 2 atom stereocenters. The number of nitrogens with zero attached hydrogens (tertiary/aromatic N) is 4. The predicted octanol–water partition coefficient (Wildman–Crippen LogP) is 8.61. The second kappa shape index (κ2) is 17.1. The molecule has 0 N–H and O–H groups in total. The molecule has 0 aromatic rings. The van der Waals surface area contributed by atoms with Crippen molar-refractivity contribution in [3.63, 3.8) is 0 Å². The van der Waals surface area contributed by atoms with E-state index in [-0.39, 0.29) is 45.2 Å². The fourth-order valence-corrected chi connectivity index (χ4v) is 2.11. The summed E-state index contributed by atoms with van der Waals surface area (Å²) in [5.74, 6) is 0.611. The fourth-order valence-electron chi connectivity index (χ4n) is 2.11. The summed E-state index contributed by atoms with van der Waals surface area (Å²) >= 11 is 0. The van der Waals surface area contributed by atoms with Crippen LogP contribution in [0.2, 0.25) is 0 Å². The number of hydrogen-bond donors (Lipinski definition) is 0. The zero-order valence-corrected chi connectivity index (χ0v) is 23.5. The molecule has 212 valence electrons. The summed E-state index contributed by atoms with van der Waals surface area (Å²) in [5.41, 5.74) is -0.779. The normalized spacial score (nSPS) is 15.2. The third-order valence-corrected chi connectivity index (χ3v) is 3.51. The maximum Gasteiger partial charge on any atom is 1.00 e. The summed E-state index contributed by atoms with van der Waals surface area (Å²) in [6, 6.07) is -3.36. The minimum absolute atomic E-state index is 0. The Bertz CT molecular complexity index is 540. The van der Waals surface area contributed by atoms with Crippen LogP contribution in [0.25, 0.3) is 10.6 Å². The molecular weight excluding hydrogens is 561 g/mol. The Labute approximate surface area is 222 Å². The van der Waals surface area contributed by atoms with Gasteiger partial charge in [-0.15, -0.1) is 0 Å². The standard InChI is InChI=1S/2C11H20F3N2.2Cu/c2*1-6-7-9(16-10(3,4)5)15-8(2)11(12,13)14;;/h2*8H,6-7H2,1-5H3;;/q2*-1;2*+1. The van der Waals surface area contributed by atoms with Gasteiger partial charge in [-0.2, -0.15) is 26.3 Å². The number of aliphatic imine (C=N–C) groups is 2. The van der Waals surface area contributed by atoms with E-state index in [1.807, 2.05) is 55.4 Å². The Morgan fingerprint density at radius 3 is 1.00 bits per heavy atom. The maximum absolute atomic E-state index is 12.3. The molecule has 0 spiro atoms. The van der Waals surface area contributed by atoms with E-state index in [4.69, 9.17) is 0 Å². The first kappa shape index (κ1) is 40.7. The third-order valence-electron chi connectivity index (χ3n) is 3.51. The van der Waals surface area contributed by atoms with Crippen LogP contribution in [-0.2, 0) is 34.1 Å². The van der Waals surface area contributed by atoms with E-state index in [1.54, 1.807) is 0 Å². The Hall–Kier alpha value is -0.441. The number of halogens is 6. The van der Waals surface area contributed by atoms with Gasteiger partial charge in [0, 0.05) is 0 Å². The van der Waals surface area contributed by atoms with Crippen molar-refractivity contribution in [3.8, 4) is 0 Å². The van der Waals surface area contributed by atoms with Crippen molar-refractivity contribution in [2.45, 2.75) is 130 Å². The molecule has 0 aromatic carbocycles. The van der Waals surface area contributed by atoms with Gasteiger partial charge in [-0.1, -0.05) is 93.8 Å². The molecule has 0 saturated heterocycles. The molecule has 0 rings (SSSR count). The first-order chi connectivity index (χ1) is 14.1. The van der Waals surface area contributed by atoms with Gasteiger partial charge in [0.25, 0.3) is 0 Å². The number of rotatable bonds is 6. The predicted molar refractivity (Wildman–Crippen MR) is 122 cm³/mol. The summed E-state index contributed by atoms with van der Waals surface area (Å²) in [7, 11) is 0. The van der Waals surface area contributed by atoms with Gasteiger partial charge in [0.05, 0.1) is 12.1 Å². The van der Waals surface area contributed by atoms with Crippen LogP contribution in [0.3, 0.4) is 0 Å². The minimum Gasteiger partial charge on any atom is -0.463 e. The zero-order valence-electron chi connectivity index (χ0n) is 21.6. The van der Waals surface area contributed by atoms with E-state index in [2.05, 4.69) is 20.6 Å². The molecule has 0 saturated carbocycles. The molecule has 0 radical (unpaired) electrons. The van der Waals surface area contributed by atoms with Crippen molar-refractivity contribution in [1.29, 1.82) is 0 Å². The number of amidine groups is 2. The van der Waals surface area contributed by atoms with Gasteiger partial charge in [0.15, 0.2) is 0 Å². The van der Waals surface area contributed by atoms with Crippen molar-refractivity contribution in [1.82, 2.24) is 0 Å². The third kappa shape index (κ3) is 23.3. The van der Waals surface area contributed by atoms with Crippen molar-refractivity contribution >= 4 is 11.7 Å². The fraction of sp³-hybridized carbons (Fsp3) is 0.909. The van der Waals surface area contributed by atoms with E-state index >= 15 is 0 Å². The molecule has 4 nitrogen and oxygen atoms in total. The smallest absolute Gasteiger partial charge is 0.463 e. The average Bonchev–Trinajstić information content (AvgIpc) is 2.50. The van der Waals surface area contributed by atoms with Crippen LogP contribution in [0.1, 0.15) is 94.9 Å². The summed E-state index contributed by atoms with van der Waals surface area (Å²) < 4.78 is 74.0. The van der Waals surface area contributed by atoms with E-state index in [0.717, 1.165) is 26.7 Å². The summed E-state index contributed by atoms with van der Waals surface area (Å²) in [5, 5.41) is 7.30. The molecule has 0 fully saturated rings. The van der Waals surface area contributed by atoms with Crippen LogP contribution in [0.4, 0.5) is 26.3 Å². The minimum atomic E-state index is -4.29. The van der Waals surface area contributed by atoms with E-state index in [9.17, 15) is 26.3 Å². The van der Waals surface area contributed by atoms with Crippen LogP contribution in [0, 0.1) is 0 Å². The summed E-state index contributed by atoms with van der Waals surface area (Å²) in [6.45, 7) is 17.0. The van der Waals surface area contributed by atoms with E-state index < -0.39 is 24.4 Å². The van der Waals surface area contributed by atoms with Crippen LogP contribution < -0.4 is 0 Å². The van der Waals surface area contributed by atoms with E-state index in [0.29, 0.717) is 24.5 Å². The molecule has 0 aliphatic heterocycles. The van der Waals surface area contributed by atoms with Crippen molar-refractivity contribution in [2.24, 2.45) is 9.98 Å². The Morgan fingerprint density at radius 1 is 0.618 bits per heavy atom. The van der Waals surface area contributed by atoms with Crippen molar-refractivity contribution < 1.29 is 60.5 Å². The summed E-state index contributed by atoms with van der Waals surface area (Å²) in [4.78, 5) is 8.40. The zero-order chi connectivity index (χ0) is 26.0. The van der Waals surface area contributed by atoms with Crippen LogP contribution >= 0.6 is 0 Å². The molecular formula is C22H40Cu2F6N4. The van der Waals surface area contributed by atoms with Crippen LogP contribution in [-0.4, -0.2) is 47.2 Å². The molecule has 12 heteroatoms. The first-order valence-corrected chi connectivity index (χ1v) is 10.8. The van der Waals surface area contributed by atoms with Gasteiger partial charge in [0.1, 0.15) is 0 Å². The molecule has 0 aromatic heterocycles. The quantitative estimate of drug-likeness (QED) is 0.127. The monoisotopic (exact) mass is 600 g/mol. The van der Waals surface area contributed by atoms with Gasteiger partial charge in [-0.25, -0.2) is 0 Å². The molecule has 0 amide bonds. The average molecular weight is 602 g/mol. The number of alkyl halides is 6. The largest absolute Gasteiger partial charge is 1.00 e. The molecule has 0 aliphatic rings. The maximum atomic E-state index is 12.3. The van der Waals surface area contributed by atoms with Gasteiger partial charge in [-0.3, -0.25) is 0 Å². The molecule has 0 bridgehead atoms. The number of hydrogen-bond acceptors (Lipinski definition) is 2. The van der Waals surface area contributed by atoms with Gasteiger partial charge in [0.2, 0.25) is 0 Å². The SMILES string of the molecule is CCCC(=NC(C)(C)C)[N-]C(C)C(F)(F)F.CCCC(=NC(C)(C)C)[N-]C(C)C(F)(F)F.[Cu+].[Cu+]. The Kier molecular flexibility index (Phi) is 20.5. The molecule has 0 aliphatic carbocycles. The molecule has 34 heavy (non-hydrogen) atoms. The molecule has 2 unspecified atom stereocenters. The van der Waals surface area contributed by atoms with Gasteiger partial charge >= 0.3 is 46.5 Å². The second-order valence-electron chi connectivity index (χ2n) is 9.59. The second-order valence-corrected chi connectivity index (χ2v) is 9.59. The first-order valence-electron chi connectivity index (χ1n) is 10.8. The summed E-state index contributed by atoms with van der Waals surface area (Å²) in [6.07, 6.45) is -6.12. The van der Waals surface area contributed by atoms with Crippen LogP contribution in [0.15, 0.2) is 9.98 Å². The van der Waals surface area contributed by atoms with Crippen LogP contribution in [0.5, 0.6) is 0 Å². The van der Waals surface area contributed by atoms with E-state index in [1.165, 1.54) is 0 Å². The Balaban J connectivity index is -0.000000250. The van der Waals surface area contributed by atoms with Gasteiger partial charge in [-0.05, 0) is 23.9 Å². The molecule has 0 heterocycles.